The first-order valence-electron chi connectivity index (χ1n) is 6.27. The minimum Gasteiger partial charge on any atom is -0.324 e. The van der Waals surface area contributed by atoms with Crippen molar-refractivity contribution in [3.63, 3.8) is 0 Å². The fourth-order valence-corrected chi connectivity index (χ4v) is 2.93. The Morgan fingerprint density at radius 1 is 1.17 bits per heavy atom. The maximum absolute atomic E-state index is 12.5. The molecular weight excluding hydrogens is 408 g/mol. The van der Waals surface area contributed by atoms with Gasteiger partial charge in [0.05, 0.1) is 27.0 Å². The molecule has 0 bridgehead atoms. The highest BCUT2D eigenvalue weighted by Gasteiger charge is 2.31. The van der Waals surface area contributed by atoms with Crippen LogP contribution in [0.5, 0.6) is 0 Å². The average molecular weight is 416 g/mol. The molecule has 0 unspecified atom stereocenters. The number of carbonyl (C=O) groups is 1. The molecule has 0 saturated heterocycles. The zero-order chi connectivity index (χ0) is 17.9. The number of hydrogen-bond acceptors (Lipinski definition) is 3. The molecule has 1 heterocycles. The summed E-state index contributed by atoms with van der Waals surface area (Å²) in [5.74, 6) is -0.539. The first kappa shape index (κ1) is 19.2. The number of anilines is 1. The second kappa shape index (κ2) is 7.82. The minimum absolute atomic E-state index is 0.110. The lowest BCUT2D eigenvalue weighted by Gasteiger charge is -2.10. The van der Waals surface area contributed by atoms with Gasteiger partial charge in [0, 0.05) is 11.2 Å². The molecule has 0 atom stereocenters. The van der Waals surface area contributed by atoms with E-state index in [9.17, 15) is 18.0 Å². The molecule has 0 saturated carbocycles. The van der Waals surface area contributed by atoms with E-state index in [2.05, 4.69) is 10.3 Å². The van der Waals surface area contributed by atoms with Gasteiger partial charge in [0.15, 0.2) is 0 Å². The number of alkyl halides is 3. The van der Waals surface area contributed by atoms with Gasteiger partial charge in [-0.05, 0) is 24.3 Å². The molecule has 1 aromatic heterocycles. The zero-order valence-electron chi connectivity index (χ0n) is 11.6. The Morgan fingerprint density at radius 2 is 1.88 bits per heavy atom. The highest BCUT2D eigenvalue weighted by molar-refractivity contribution is 8.00. The van der Waals surface area contributed by atoms with Gasteiger partial charge in [-0.2, -0.15) is 13.2 Å². The molecule has 1 aromatic carbocycles. The van der Waals surface area contributed by atoms with Crippen molar-refractivity contribution < 1.29 is 18.0 Å². The van der Waals surface area contributed by atoms with E-state index in [4.69, 9.17) is 34.8 Å². The zero-order valence-corrected chi connectivity index (χ0v) is 14.7. The summed E-state index contributed by atoms with van der Waals surface area (Å²) < 4.78 is 37.6. The third-order valence-electron chi connectivity index (χ3n) is 2.68. The average Bonchev–Trinajstić information content (AvgIpc) is 2.48. The van der Waals surface area contributed by atoms with Gasteiger partial charge in [-0.25, -0.2) is 4.98 Å². The highest BCUT2D eigenvalue weighted by Crippen LogP contribution is 2.33. The summed E-state index contributed by atoms with van der Waals surface area (Å²) in [6.45, 7) is 0. The molecule has 1 N–H and O–H groups in total. The Balaban J connectivity index is 2.00. The second-order valence-electron chi connectivity index (χ2n) is 4.47. The number of amides is 1. The van der Waals surface area contributed by atoms with E-state index >= 15 is 0 Å². The topological polar surface area (TPSA) is 42.0 Å². The van der Waals surface area contributed by atoms with Crippen LogP contribution in [-0.2, 0) is 11.0 Å². The third-order valence-corrected chi connectivity index (χ3v) is 4.65. The van der Waals surface area contributed by atoms with Crippen molar-refractivity contribution in [1.29, 1.82) is 0 Å². The smallest absolute Gasteiger partial charge is 0.324 e. The lowest BCUT2D eigenvalue weighted by molar-refractivity contribution is -0.137. The van der Waals surface area contributed by atoms with Crippen LogP contribution in [0.4, 0.5) is 18.9 Å². The quantitative estimate of drug-likeness (QED) is 0.643. The molecule has 0 aliphatic carbocycles. The van der Waals surface area contributed by atoms with Crippen LogP contribution >= 0.6 is 46.6 Å². The highest BCUT2D eigenvalue weighted by atomic mass is 35.5. The third kappa shape index (κ3) is 5.17. The summed E-state index contributed by atoms with van der Waals surface area (Å²) >= 11 is 18.4. The van der Waals surface area contributed by atoms with Gasteiger partial charge in [-0.15, -0.1) is 0 Å². The van der Waals surface area contributed by atoms with E-state index in [-0.39, 0.29) is 15.8 Å². The normalized spacial score (nSPS) is 11.4. The first-order valence-corrected chi connectivity index (χ1v) is 8.39. The van der Waals surface area contributed by atoms with Gasteiger partial charge < -0.3 is 5.32 Å². The standard InChI is InChI=1S/C14H8Cl3F3N2OS/c15-8-1-2-9(16)11(4-8)22-12(23)6-24-13-10(17)3-7(5-21-13)14(18,19)20/h1-5H,6H2,(H,22,23). The van der Waals surface area contributed by atoms with Crippen LogP contribution in [-0.4, -0.2) is 16.6 Å². The number of benzene rings is 1. The monoisotopic (exact) mass is 414 g/mol. The molecule has 0 radical (unpaired) electrons. The second-order valence-corrected chi connectivity index (χ2v) is 6.68. The molecule has 2 aromatic rings. The molecular formula is C14H8Cl3F3N2OS. The largest absolute Gasteiger partial charge is 0.417 e. The van der Waals surface area contributed by atoms with Gasteiger partial charge in [0.2, 0.25) is 5.91 Å². The van der Waals surface area contributed by atoms with Crippen LogP contribution in [0.1, 0.15) is 5.56 Å². The van der Waals surface area contributed by atoms with Crippen molar-refractivity contribution in [2.24, 2.45) is 0 Å². The SMILES string of the molecule is O=C(CSc1ncc(C(F)(F)F)cc1Cl)Nc1cc(Cl)ccc1Cl. The fraction of sp³-hybridized carbons (Fsp3) is 0.143. The first-order chi connectivity index (χ1) is 11.2. The van der Waals surface area contributed by atoms with Gasteiger partial charge in [0.25, 0.3) is 0 Å². The van der Waals surface area contributed by atoms with Crippen molar-refractivity contribution in [1.82, 2.24) is 4.98 Å². The van der Waals surface area contributed by atoms with Crippen LogP contribution in [0, 0.1) is 0 Å². The Bertz CT molecular complexity index is 771. The number of carbonyl (C=O) groups excluding carboxylic acids is 1. The molecule has 2 rings (SSSR count). The van der Waals surface area contributed by atoms with Crippen LogP contribution in [0.25, 0.3) is 0 Å². The number of hydrogen-bond donors (Lipinski definition) is 1. The van der Waals surface area contributed by atoms with Crippen LogP contribution in [0.3, 0.4) is 0 Å². The van der Waals surface area contributed by atoms with E-state index in [0.29, 0.717) is 21.9 Å². The van der Waals surface area contributed by atoms with Gasteiger partial charge in [-0.1, -0.05) is 46.6 Å². The van der Waals surface area contributed by atoms with E-state index < -0.39 is 17.6 Å². The number of thioether (sulfide) groups is 1. The van der Waals surface area contributed by atoms with Crippen LogP contribution in [0.15, 0.2) is 35.5 Å². The fourth-order valence-electron chi connectivity index (χ4n) is 1.60. The van der Waals surface area contributed by atoms with E-state index in [1.807, 2.05) is 0 Å². The number of pyridine rings is 1. The molecule has 24 heavy (non-hydrogen) atoms. The van der Waals surface area contributed by atoms with Crippen LogP contribution < -0.4 is 5.32 Å². The van der Waals surface area contributed by atoms with Crippen molar-refractivity contribution >= 4 is 58.2 Å². The number of aromatic nitrogens is 1. The van der Waals surface area contributed by atoms with Gasteiger partial charge >= 0.3 is 6.18 Å². The minimum atomic E-state index is -4.53. The molecule has 10 heteroatoms. The Morgan fingerprint density at radius 3 is 2.50 bits per heavy atom. The predicted octanol–water partition coefficient (Wildman–Crippen LogP) is 5.79. The lowest BCUT2D eigenvalue weighted by atomic mass is 10.3. The van der Waals surface area contributed by atoms with E-state index in [1.54, 1.807) is 6.07 Å². The predicted molar refractivity (Wildman–Crippen MR) is 90.1 cm³/mol. The number of nitrogens with zero attached hydrogens (tertiary/aromatic N) is 1. The molecule has 0 aliphatic rings. The number of halogens is 6. The summed E-state index contributed by atoms with van der Waals surface area (Å²) in [6, 6.07) is 5.35. The van der Waals surface area contributed by atoms with Crippen molar-refractivity contribution in [2.75, 3.05) is 11.1 Å². The van der Waals surface area contributed by atoms with E-state index in [1.165, 1.54) is 12.1 Å². The van der Waals surface area contributed by atoms with Crippen molar-refractivity contribution in [2.45, 2.75) is 11.2 Å². The molecule has 0 fully saturated rings. The Kier molecular flexibility index (Phi) is 6.25. The maximum atomic E-state index is 12.5. The van der Waals surface area contributed by atoms with Gasteiger partial charge in [-0.3, -0.25) is 4.79 Å². The molecule has 128 valence electrons. The summed E-state index contributed by atoms with van der Waals surface area (Å²) in [6.07, 6.45) is -3.86. The lowest BCUT2D eigenvalue weighted by Crippen LogP contribution is -2.14. The van der Waals surface area contributed by atoms with E-state index in [0.717, 1.165) is 17.8 Å². The Hall–Kier alpha value is -1.15. The summed E-state index contributed by atoms with van der Waals surface area (Å²) in [4.78, 5) is 15.5. The number of rotatable bonds is 4. The number of nitrogens with one attached hydrogen (secondary N) is 1. The summed E-state index contributed by atoms with van der Waals surface area (Å²) in [7, 11) is 0. The molecule has 0 spiro atoms. The van der Waals surface area contributed by atoms with Crippen LogP contribution in [0.2, 0.25) is 15.1 Å². The van der Waals surface area contributed by atoms with Crippen molar-refractivity contribution in [3.8, 4) is 0 Å². The van der Waals surface area contributed by atoms with Gasteiger partial charge in [0.1, 0.15) is 5.03 Å². The summed E-state index contributed by atoms with van der Waals surface area (Å²) in [5.41, 5.74) is -0.617. The molecule has 0 aliphatic heterocycles. The molecule has 3 nitrogen and oxygen atoms in total. The maximum Gasteiger partial charge on any atom is 0.417 e. The summed E-state index contributed by atoms with van der Waals surface area (Å²) in [5, 5.41) is 3.20. The Labute approximate surface area is 154 Å². The van der Waals surface area contributed by atoms with Crippen molar-refractivity contribution in [3.05, 3.63) is 51.1 Å². The molecule has 1 amide bonds.